The minimum Gasteiger partial charge on any atom is -0.467 e. The maximum atomic E-state index is 11.5. The predicted octanol–water partition coefficient (Wildman–Crippen LogP) is 1.37. The van der Waals surface area contributed by atoms with E-state index in [1.54, 1.807) is 0 Å². The van der Waals surface area contributed by atoms with Crippen LogP contribution in [0.3, 0.4) is 0 Å². The topological polar surface area (TPSA) is 93.7 Å². The number of rotatable bonds is 8. The first-order valence-corrected chi connectivity index (χ1v) is 7.32. The van der Waals surface area contributed by atoms with Crippen molar-refractivity contribution < 1.29 is 23.9 Å². The number of hydrogen-bond acceptors (Lipinski definition) is 5. The third-order valence-electron chi connectivity index (χ3n) is 3.01. The Kier molecular flexibility index (Phi) is 8.20. The first kappa shape index (κ1) is 18.5. The van der Waals surface area contributed by atoms with Crippen molar-refractivity contribution in [3.05, 3.63) is 35.9 Å². The summed E-state index contributed by atoms with van der Waals surface area (Å²) in [7, 11) is 1.26. The molecule has 2 N–H and O–H groups in total. The van der Waals surface area contributed by atoms with Crippen LogP contribution in [0, 0.1) is 0 Å². The van der Waals surface area contributed by atoms with Gasteiger partial charge in [0.25, 0.3) is 0 Å². The largest absolute Gasteiger partial charge is 0.467 e. The first-order valence-electron chi connectivity index (χ1n) is 7.32. The number of benzene rings is 1. The fraction of sp³-hybridized carbons (Fsp3) is 0.438. The van der Waals surface area contributed by atoms with Crippen molar-refractivity contribution in [2.75, 3.05) is 13.7 Å². The number of alkyl carbamates (subject to hydrolysis) is 1. The Morgan fingerprint density at radius 3 is 2.48 bits per heavy atom. The van der Waals surface area contributed by atoms with Crippen molar-refractivity contribution in [3.63, 3.8) is 0 Å². The lowest BCUT2D eigenvalue weighted by atomic mass is 10.1. The van der Waals surface area contributed by atoms with Crippen molar-refractivity contribution in [1.82, 2.24) is 10.6 Å². The van der Waals surface area contributed by atoms with Crippen molar-refractivity contribution in [2.45, 2.75) is 32.4 Å². The van der Waals surface area contributed by atoms with Crippen LogP contribution in [0.4, 0.5) is 4.79 Å². The molecule has 0 saturated heterocycles. The Morgan fingerprint density at radius 1 is 1.17 bits per heavy atom. The highest BCUT2D eigenvalue weighted by atomic mass is 16.5. The van der Waals surface area contributed by atoms with Gasteiger partial charge in [0.1, 0.15) is 12.6 Å². The van der Waals surface area contributed by atoms with Crippen molar-refractivity contribution >= 4 is 18.0 Å². The molecular formula is C16H22N2O5. The second-order valence-electron chi connectivity index (χ2n) is 4.91. The minimum absolute atomic E-state index is 0.198. The van der Waals surface area contributed by atoms with Crippen LogP contribution in [0.15, 0.2) is 30.3 Å². The average Bonchev–Trinajstić information content (AvgIpc) is 2.55. The highest BCUT2D eigenvalue weighted by Crippen LogP contribution is 2.01. The SMILES string of the molecule is COC(=O)[C@@H](CCCNC(=O)OCc1ccccc1)NC(C)=O. The summed E-state index contributed by atoms with van der Waals surface area (Å²) in [5.74, 6) is -0.817. The molecule has 0 heterocycles. The molecule has 7 heteroatoms. The van der Waals surface area contributed by atoms with E-state index in [2.05, 4.69) is 15.4 Å². The molecule has 0 unspecified atom stereocenters. The molecule has 0 radical (unpaired) electrons. The summed E-state index contributed by atoms with van der Waals surface area (Å²) in [5, 5.41) is 5.10. The quantitative estimate of drug-likeness (QED) is 0.557. The maximum Gasteiger partial charge on any atom is 0.407 e. The van der Waals surface area contributed by atoms with Crippen LogP contribution in [0.2, 0.25) is 0 Å². The van der Waals surface area contributed by atoms with Crippen molar-refractivity contribution in [1.29, 1.82) is 0 Å². The van der Waals surface area contributed by atoms with Gasteiger partial charge < -0.3 is 20.1 Å². The monoisotopic (exact) mass is 322 g/mol. The zero-order valence-electron chi connectivity index (χ0n) is 13.3. The number of carbonyl (C=O) groups is 3. The van der Waals surface area contributed by atoms with Crippen LogP contribution in [-0.2, 0) is 25.7 Å². The van der Waals surface area contributed by atoms with E-state index >= 15 is 0 Å². The lowest BCUT2D eigenvalue weighted by Gasteiger charge is -2.15. The Bertz CT molecular complexity index is 518. The van der Waals surface area contributed by atoms with Crippen LogP contribution < -0.4 is 10.6 Å². The summed E-state index contributed by atoms with van der Waals surface area (Å²) >= 11 is 0. The summed E-state index contributed by atoms with van der Waals surface area (Å²) in [6.07, 6.45) is 0.342. The van der Waals surface area contributed by atoms with Crippen molar-refractivity contribution in [2.24, 2.45) is 0 Å². The molecule has 1 atom stereocenters. The van der Waals surface area contributed by atoms with Gasteiger partial charge in [0, 0.05) is 13.5 Å². The van der Waals surface area contributed by atoms with Crippen LogP contribution in [-0.4, -0.2) is 37.7 Å². The van der Waals surface area contributed by atoms with E-state index in [9.17, 15) is 14.4 Å². The highest BCUT2D eigenvalue weighted by molar-refractivity contribution is 5.83. The van der Waals surface area contributed by atoms with Crippen molar-refractivity contribution in [3.8, 4) is 0 Å². The maximum absolute atomic E-state index is 11.5. The van der Waals surface area contributed by atoms with E-state index in [-0.39, 0.29) is 12.5 Å². The molecule has 0 aliphatic rings. The number of ether oxygens (including phenoxy) is 2. The Labute approximate surface area is 135 Å². The van der Waals surface area contributed by atoms with Gasteiger partial charge in [-0.25, -0.2) is 9.59 Å². The number of nitrogens with one attached hydrogen (secondary N) is 2. The molecule has 0 aliphatic carbocycles. The number of amides is 2. The summed E-state index contributed by atoms with van der Waals surface area (Å²) in [5.41, 5.74) is 0.902. The molecule has 1 aromatic carbocycles. The molecule has 0 aromatic heterocycles. The van der Waals surface area contributed by atoms with E-state index in [1.165, 1.54) is 14.0 Å². The molecule has 0 saturated carbocycles. The average molecular weight is 322 g/mol. The van der Waals surface area contributed by atoms with Gasteiger partial charge in [-0.2, -0.15) is 0 Å². The van der Waals surface area contributed by atoms with Crippen LogP contribution in [0.5, 0.6) is 0 Å². The van der Waals surface area contributed by atoms with Gasteiger partial charge in [0.2, 0.25) is 5.91 Å². The zero-order valence-corrected chi connectivity index (χ0v) is 13.3. The smallest absolute Gasteiger partial charge is 0.407 e. The number of esters is 1. The van der Waals surface area contributed by atoms with Crippen LogP contribution >= 0.6 is 0 Å². The minimum atomic E-state index is -0.709. The van der Waals surface area contributed by atoms with Gasteiger partial charge in [-0.05, 0) is 18.4 Å². The molecule has 0 aliphatic heterocycles. The fourth-order valence-corrected chi connectivity index (χ4v) is 1.91. The van der Waals surface area contributed by atoms with E-state index in [0.29, 0.717) is 19.4 Å². The van der Waals surface area contributed by atoms with E-state index in [0.717, 1.165) is 5.56 Å². The third-order valence-corrected chi connectivity index (χ3v) is 3.01. The predicted molar refractivity (Wildman–Crippen MR) is 83.5 cm³/mol. The van der Waals surface area contributed by atoms with Gasteiger partial charge in [-0.1, -0.05) is 30.3 Å². The van der Waals surface area contributed by atoms with Crippen LogP contribution in [0.1, 0.15) is 25.3 Å². The van der Waals surface area contributed by atoms with E-state index in [1.807, 2.05) is 30.3 Å². The third kappa shape index (κ3) is 7.85. The Hall–Kier alpha value is -2.57. The molecule has 0 bridgehead atoms. The molecule has 126 valence electrons. The highest BCUT2D eigenvalue weighted by Gasteiger charge is 2.19. The summed E-state index contributed by atoms with van der Waals surface area (Å²) in [6, 6.07) is 8.64. The lowest BCUT2D eigenvalue weighted by Crippen LogP contribution is -2.41. The second kappa shape index (κ2) is 10.2. The van der Waals surface area contributed by atoms with Gasteiger partial charge in [-0.15, -0.1) is 0 Å². The molecule has 0 fully saturated rings. The molecule has 2 amide bonds. The fourth-order valence-electron chi connectivity index (χ4n) is 1.91. The second-order valence-corrected chi connectivity index (χ2v) is 4.91. The van der Waals surface area contributed by atoms with Gasteiger partial charge in [0.05, 0.1) is 7.11 Å². The van der Waals surface area contributed by atoms with Crippen LogP contribution in [0.25, 0.3) is 0 Å². The van der Waals surface area contributed by atoms with E-state index in [4.69, 9.17) is 4.74 Å². The summed E-state index contributed by atoms with van der Waals surface area (Å²) in [4.78, 5) is 34.0. The molecule has 7 nitrogen and oxygen atoms in total. The molecule has 23 heavy (non-hydrogen) atoms. The number of methoxy groups -OCH3 is 1. The Balaban J connectivity index is 2.22. The zero-order chi connectivity index (χ0) is 17.1. The standard InChI is InChI=1S/C16H22N2O5/c1-12(19)18-14(15(20)22-2)9-6-10-17-16(21)23-11-13-7-4-3-5-8-13/h3-5,7-8,14H,6,9-11H2,1-2H3,(H,17,21)(H,18,19)/t14-/m1/s1. The Morgan fingerprint density at radius 2 is 1.87 bits per heavy atom. The molecule has 0 spiro atoms. The molecule has 1 aromatic rings. The molecular weight excluding hydrogens is 300 g/mol. The number of hydrogen-bond donors (Lipinski definition) is 2. The molecule has 1 rings (SSSR count). The normalized spacial score (nSPS) is 11.2. The van der Waals surface area contributed by atoms with Gasteiger partial charge >= 0.3 is 12.1 Å². The lowest BCUT2D eigenvalue weighted by molar-refractivity contribution is -0.145. The van der Waals surface area contributed by atoms with Gasteiger partial charge in [0.15, 0.2) is 0 Å². The van der Waals surface area contributed by atoms with Gasteiger partial charge in [-0.3, -0.25) is 4.79 Å². The van der Waals surface area contributed by atoms with E-state index < -0.39 is 18.1 Å². The summed E-state index contributed by atoms with van der Waals surface area (Å²) < 4.78 is 9.67. The summed E-state index contributed by atoms with van der Waals surface area (Å²) in [6.45, 7) is 1.86. The number of carbonyl (C=O) groups excluding carboxylic acids is 3. The first-order chi connectivity index (χ1) is 11.0.